The van der Waals surface area contributed by atoms with Gasteiger partial charge < -0.3 is 19.3 Å². The lowest BCUT2D eigenvalue weighted by molar-refractivity contribution is 0.0373. The summed E-state index contributed by atoms with van der Waals surface area (Å²) < 4.78 is 35.2. The number of hydrogen-bond acceptors (Lipinski definition) is 7. The van der Waals surface area contributed by atoms with Gasteiger partial charge in [-0.25, -0.2) is 18.4 Å². The van der Waals surface area contributed by atoms with Crippen LogP contribution in [-0.2, 0) is 17.1 Å². The molecule has 4 rings (SSSR count). The van der Waals surface area contributed by atoms with Crippen molar-refractivity contribution in [1.82, 2.24) is 23.7 Å². The van der Waals surface area contributed by atoms with Crippen molar-refractivity contribution >= 4 is 15.9 Å². The Morgan fingerprint density at radius 2 is 1.92 bits per heavy atom. The minimum Gasteiger partial charge on any atom is -0.472 e. The van der Waals surface area contributed by atoms with Gasteiger partial charge in [-0.3, -0.25) is 4.79 Å². The standard InChI is InChI=1S/C27H31N5O5S/c1-19-14-32(20(2)17-33)27(34)23-12-22(11-10-21-8-6-5-7-9-21)13-28-26(23)37-24(19)15-31(4)38(35,36)25-16-30(3)18-29-25/h5-9,12-13,16,18-20,24,33H,14-15,17H2,1-4H3/t19-,20+,24-/m0/s1. The molecule has 0 bridgehead atoms. The molecule has 1 N–H and O–H groups in total. The van der Waals surface area contributed by atoms with Crippen molar-refractivity contribution in [3.63, 3.8) is 0 Å². The van der Waals surface area contributed by atoms with Gasteiger partial charge in [0.2, 0.25) is 5.88 Å². The Kier molecular flexibility index (Phi) is 8.16. The van der Waals surface area contributed by atoms with Crippen LogP contribution in [0.15, 0.2) is 60.1 Å². The van der Waals surface area contributed by atoms with E-state index in [-0.39, 0.29) is 48.0 Å². The van der Waals surface area contributed by atoms with Crippen molar-refractivity contribution < 1.29 is 23.1 Å². The van der Waals surface area contributed by atoms with Crippen molar-refractivity contribution in [1.29, 1.82) is 0 Å². The number of nitrogens with zero attached hydrogens (tertiary/aromatic N) is 5. The maximum Gasteiger partial charge on any atom is 0.261 e. The van der Waals surface area contributed by atoms with Crippen LogP contribution in [0.5, 0.6) is 5.88 Å². The van der Waals surface area contributed by atoms with E-state index in [1.807, 2.05) is 37.3 Å². The van der Waals surface area contributed by atoms with E-state index in [2.05, 4.69) is 21.8 Å². The molecule has 0 unspecified atom stereocenters. The topological polar surface area (TPSA) is 118 Å². The molecule has 10 nitrogen and oxygen atoms in total. The molecular formula is C27H31N5O5S. The highest BCUT2D eigenvalue weighted by Gasteiger charge is 2.36. The van der Waals surface area contributed by atoms with Crippen LogP contribution in [0.1, 0.15) is 35.3 Å². The number of rotatable bonds is 6. The van der Waals surface area contributed by atoms with Gasteiger partial charge in [-0.15, -0.1) is 0 Å². The summed E-state index contributed by atoms with van der Waals surface area (Å²) in [7, 11) is -0.700. The zero-order valence-electron chi connectivity index (χ0n) is 21.8. The number of imidazole rings is 1. The van der Waals surface area contributed by atoms with Crippen LogP contribution in [0.3, 0.4) is 0 Å². The second-order valence-corrected chi connectivity index (χ2v) is 11.5. The minimum absolute atomic E-state index is 0.00624. The highest BCUT2D eigenvalue weighted by molar-refractivity contribution is 7.89. The molecule has 3 heterocycles. The molecule has 3 atom stereocenters. The first-order valence-electron chi connectivity index (χ1n) is 12.2. The van der Waals surface area contributed by atoms with E-state index < -0.39 is 22.2 Å². The molecule has 1 aliphatic rings. The van der Waals surface area contributed by atoms with E-state index in [0.717, 1.165) is 5.56 Å². The molecule has 0 spiro atoms. The molecule has 0 aliphatic carbocycles. The number of pyridine rings is 1. The van der Waals surface area contributed by atoms with Crippen LogP contribution < -0.4 is 4.74 Å². The lowest BCUT2D eigenvalue weighted by atomic mass is 10.0. The highest BCUT2D eigenvalue weighted by atomic mass is 32.2. The first-order chi connectivity index (χ1) is 18.1. The van der Waals surface area contributed by atoms with E-state index in [9.17, 15) is 18.3 Å². The third-order valence-corrected chi connectivity index (χ3v) is 8.15. The van der Waals surface area contributed by atoms with Crippen LogP contribution in [0, 0.1) is 17.8 Å². The van der Waals surface area contributed by atoms with Crippen LogP contribution in [0.25, 0.3) is 0 Å². The summed E-state index contributed by atoms with van der Waals surface area (Å²) in [5.41, 5.74) is 1.56. The van der Waals surface area contributed by atoms with Crippen molar-refractivity contribution in [2.75, 3.05) is 26.7 Å². The SMILES string of the molecule is C[C@H](CO)N1C[C@H](C)[C@H](CN(C)S(=O)(=O)c2cn(C)cn2)Oc2ncc(C#Cc3ccccc3)cc2C1=O. The van der Waals surface area contributed by atoms with Gasteiger partial charge in [0, 0.05) is 50.1 Å². The molecule has 200 valence electrons. The average Bonchev–Trinajstić information content (AvgIpc) is 3.36. The molecule has 11 heteroatoms. The van der Waals surface area contributed by atoms with Gasteiger partial charge in [-0.2, -0.15) is 4.31 Å². The quantitative estimate of drug-likeness (QED) is 0.476. The molecule has 0 fully saturated rings. The van der Waals surface area contributed by atoms with E-state index in [1.54, 1.807) is 29.5 Å². The van der Waals surface area contributed by atoms with Crippen LogP contribution >= 0.6 is 0 Å². The molecule has 1 aromatic carbocycles. The van der Waals surface area contributed by atoms with Crippen LogP contribution in [0.2, 0.25) is 0 Å². The Hall–Kier alpha value is -3.72. The third kappa shape index (κ3) is 5.88. The number of amides is 1. The minimum atomic E-state index is -3.86. The zero-order chi connectivity index (χ0) is 27.4. The molecular weight excluding hydrogens is 506 g/mol. The monoisotopic (exact) mass is 537 g/mol. The van der Waals surface area contributed by atoms with E-state index in [0.29, 0.717) is 5.56 Å². The van der Waals surface area contributed by atoms with Gasteiger partial charge in [0.15, 0.2) is 5.03 Å². The molecule has 0 saturated heterocycles. The molecule has 1 aliphatic heterocycles. The number of hydrogen-bond donors (Lipinski definition) is 1. The number of likely N-dealkylation sites (N-methyl/N-ethyl adjacent to an activating group) is 1. The third-order valence-electron chi connectivity index (χ3n) is 6.44. The normalized spacial score (nSPS) is 18.6. The Balaban J connectivity index is 1.68. The lowest BCUT2D eigenvalue weighted by Gasteiger charge is -2.37. The first-order valence-corrected chi connectivity index (χ1v) is 13.6. The summed E-state index contributed by atoms with van der Waals surface area (Å²) in [5.74, 6) is 5.57. The number of sulfonamides is 1. The second kappa shape index (κ2) is 11.3. The summed E-state index contributed by atoms with van der Waals surface area (Å²) in [5, 5.41) is 9.79. The molecule has 1 amide bonds. The van der Waals surface area contributed by atoms with Crippen LogP contribution in [0.4, 0.5) is 0 Å². The number of aryl methyl sites for hydroxylation is 1. The molecule has 0 radical (unpaired) electrons. The van der Waals surface area contributed by atoms with Gasteiger partial charge in [-0.1, -0.05) is 37.0 Å². The van der Waals surface area contributed by atoms with Gasteiger partial charge >= 0.3 is 0 Å². The Labute approximate surface area is 222 Å². The zero-order valence-corrected chi connectivity index (χ0v) is 22.6. The fourth-order valence-electron chi connectivity index (χ4n) is 4.09. The number of aliphatic hydroxyl groups is 1. The Bertz CT molecular complexity index is 1460. The van der Waals surface area contributed by atoms with Crippen molar-refractivity contribution in [3.8, 4) is 17.7 Å². The predicted octanol–water partition coefficient (Wildman–Crippen LogP) is 1.76. The van der Waals surface area contributed by atoms with Crippen molar-refractivity contribution in [2.45, 2.75) is 31.0 Å². The predicted molar refractivity (Wildman–Crippen MR) is 141 cm³/mol. The number of carbonyl (C=O) groups excluding carboxylic acids is 1. The second-order valence-electron chi connectivity index (χ2n) is 9.48. The fraction of sp³-hybridized carbons (Fsp3) is 0.370. The van der Waals surface area contributed by atoms with Gasteiger partial charge in [0.1, 0.15) is 11.7 Å². The molecule has 2 aromatic heterocycles. The van der Waals surface area contributed by atoms with Gasteiger partial charge in [0.05, 0.1) is 25.5 Å². The van der Waals surface area contributed by atoms with Crippen molar-refractivity contribution in [3.05, 3.63) is 71.8 Å². The number of aromatic nitrogens is 3. The van der Waals surface area contributed by atoms with E-state index >= 15 is 0 Å². The molecule has 0 saturated carbocycles. The number of aliphatic hydroxyl groups excluding tert-OH is 1. The highest BCUT2D eigenvalue weighted by Crippen LogP contribution is 2.28. The maximum absolute atomic E-state index is 13.6. The van der Waals surface area contributed by atoms with Gasteiger partial charge in [0.25, 0.3) is 15.9 Å². The summed E-state index contributed by atoms with van der Waals surface area (Å²) in [6.45, 7) is 3.66. The maximum atomic E-state index is 13.6. The Morgan fingerprint density at radius 1 is 1.21 bits per heavy atom. The summed E-state index contributed by atoms with van der Waals surface area (Å²) >= 11 is 0. The van der Waals surface area contributed by atoms with E-state index in [4.69, 9.17) is 4.74 Å². The smallest absolute Gasteiger partial charge is 0.261 e. The summed E-state index contributed by atoms with van der Waals surface area (Å²) in [4.78, 5) is 23.5. The van der Waals surface area contributed by atoms with Crippen LogP contribution in [-0.4, -0.2) is 82.1 Å². The Morgan fingerprint density at radius 3 is 2.58 bits per heavy atom. The number of fused-ring (bicyclic) bond motifs is 1. The fourth-order valence-corrected chi connectivity index (χ4v) is 5.23. The number of ether oxygens (including phenoxy) is 1. The molecule has 38 heavy (non-hydrogen) atoms. The lowest BCUT2D eigenvalue weighted by Crippen LogP contribution is -2.50. The van der Waals surface area contributed by atoms with E-state index in [1.165, 1.54) is 30.1 Å². The van der Waals surface area contributed by atoms with Gasteiger partial charge in [-0.05, 0) is 25.1 Å². The summed E-state index contributed by atoms with van der Waals surface area (Å²) in [6, 6.07) is 10.6. The molecule has 3 aromatic rings. The largest absolute Gasteiger partial charge is 0.472 e. The number of benzene rings is 1. The van der Waals surface area contributed by atoms with Crippen molar-refractivity contribution in [2.24, 2.45) is 13.0 Å². The summed E-state index contributed by atoms with van der Waals surface area (Å²) in [6.07, 6.45) is 3.76. The first kappa shape index (κ1) is 27.3. The average molecular weight is 538 g/mol. The number of carbonyl (C=O) groups is 1.